The molecular weight excluding hydrogens is 316 g/mol. The van der Waals surface area contributed by atoms with Gasteiger partial charge in [0.2, 0.25) is 0 Å². The van der Waals surface area contributed by atoms with Crippen molar-refractivity contribution in [2.75, 3.05) is 14.2 Å². The summed E-state index contributed by atoms with van der Waals surface area (Å²) in [5.74, 6) is -1.42. The maximum atomic E-state index is 11.7. The molecule has 1 aromatic carbocycles. The fourth-order valence-electron chi connectivity index (χ4n) is 1.65. The van der Waals surface area contributed by atoms with E-state index in [1.807, 2.05) is 0 Å². The van der Waals surface area contributed by atoms with Gasteiger partial charge in [0.15, 0.2) is 5.41 Å². The first kappa shape index (κ1) is 15.5. The Balaban J connectivity index is 3.17. The molecule has 104 valence electrons. The van der Waals surface area contributed by atoms with Crippen molar-refractivity contribution in [3.8, 4) is 5.75 Å². The second-order valence-corrected chi connectivity index (χ2v) is 5.12. The molecular formula is C13H15BrO5. The van der Waals surface area contributed by atoms with Crippen molar-refractivity contribution in [1.82, 2.24) is 0 Å². The molecule has 1 unspecified atom stereocenters. The molecule has 19 heavy (non-hydrogen) atoms. The van der Waals surface area contributed by atoms with Crippen LogP contribution in [0.5, 0.6) is 5.75 Å². The highest BCUT2D eigenvalue weighted by Gasteiger charge is 2.43. The van der Waals surface area contributed by atoms with Crippen molar-refractivity contribution in [2.24, 2.45) is 5.41 Å². The Morgan fingerprint density at radius 2 is 2.00 bits per heavy atom. The van der Waals surface area contributed by atoms with Gasteiger partial charge in [-0.2, -0.15) is 0 Å². The number of esters is 1. The van der Waals surface area contributed by atoms with Gasteiger partial charge in [-0.1, -0.05) is 15.9 Å². The van der Waals surface area contributed by atoms with Crippen LogP contribution in [0.25, 0.3) is 0 Å². The van der Waals surface area contributed by atoms with Crippen LogP contribution in [-0.4, -0.2) is 31.3 Å². The molecule has 0 bridgehead atoms. The first-order valence-electron chi connectivity index (χ1n) is 5.49. The SMILES string of the molecule is COC(=O)C(C)(Cc1cc(OC)ccc1Br)C(=O)O. The van der Waals surface area contributed by atoms with Crippen molar-refractivity contribution in [1.29, 1.82) is 0 Å². The summed E-state index contributed by atoms with van der Waals surface area (Å²) < 4.78 is 10.4. The summed E-state index contributed by atoms with van der Waals surface area (Å²) in [6.07, 6.45) is 0.00674. The van der Waals surface area contributed by atoms with Gasteiger partial charge in [-0.05, 0) is 30.7 Å². The zero-order valence-electron chi connectivity index (χ0n) is 10.9. The first-order chi connectivity index (χ1) is 8.85. The van der Waals surface area contributed by atoms with Crippen LogP contribution in [0.2, 0.25) is 0 Å². The minimum absolute atomic E-state index is 0.00674. The largest absolute Gasteiger partial charge is 0.497 e. The lowest BCUT2D eigenvalue weighted by molar-refractivity contribution is -0.165. The molecule has 0 radical (unpaired) electrons. The van der Waals surface area contributed by atoms with Crippen LogP contribution in [0.1, 0.15) is 12.5 Å². The molecule has 0 fully saturated rings. The molecule has 0 amide bonds. The van der Waals surface area contributed by atoms with Gasteiger partial charge in [-0.25, -0.2) is 0 Å². The standard InChI is InChI=1S/C13H15BrO5/c1-13(11(15)16,12(17)19-3)7-8-6-9(18-2)4-5-10(8)14/h4-6H,7H2,1-3H3,(H,15,16). The van der Waals surface area contributed by atoms with Crippen LogP contribution in [0.3, 0.4) is 0 Å². The summed E-state index contributed by atoms with van der Waals surface area (Å²) in [4.78, 5) is 23.0. The summed E-state index contributed by atoms with van der Waals surface area (Å²) in [7, 11) is 2.69. The Morgan fingerprint density at radius 1 is 1.37 bits per heavy atom. The fourth-order valence-corrected chi connectivity index (χ4v) is 2.04. The Hall–Kier alpha value is -1.56. The van der Waals surface area contributed by atoms with Gasteiger partial charge in [-0.3, -0.25) is 9.59 Å². The summed E-state index contributed by atoms with van der Waals surface area (Å²) in [5.41, 5.74) is -0.974. The molecule has 0 aliphatic carbocycles. The molecule has 0 saturated heterocycles. The van der Waals surface area contributed by atoms with Crippen LogP contribution in [0.4, 0.5) is 0 Å². The maximum absolute atomic E-state index is 11.7. The predicted octanol–water partition coefficient (Wildman–Crippen LogP) is 2.26. The number of hydrogen-bond acceptors (Lipinski definition) is 4. The van der Waals surface area contributed by atoms with Crippen molar-refractivity contribution in [2.45, 2.75) is 13.3 Å². The highest BCUT2D eigenvalue weighted by molar-refractivity contribution is 9.10. The minimum Gasteiger partial charge on any atom is -0.497 e. The Morgan fingerprint density at radius 3 is 2.47 bits per heavy atom. The third-order valence-electron chi connectivity index (χ3n) is 2.90. The van der Waals surface area contributed by atoms with Crippen LogP contribution < -0.4 is 4.74 Å². The molecule has 0 aromatic heterocycles. The number of carbonyl (C=O) groups excluding carboxylic acids is 1. The number of benzene rings is 1. The zero-order valence-corrected chi connectivity index (χ0v) is 12.5. The lowest BCUT2D eigenvalue weighted by Gasteiger charge is -2.22. The van der Waals surface area contributed by atoms with Gasteiger partial charge in [0.05, 0.1) is 14.2 Å². The molecule has 1 rings (SSSR count). The molecule has 6 heteroatoms. The Kier molecular flexibility index (Phi) is 4.94. The van der Waals surface area contributed by atoms with Crippen LogP contribution in [-0.2, 0) is 20.7 Å². The second kappa shape index (κ2) is 6.06. The number of rotatable bonds is 5. The van der Waals surface area contributed by atoms with E-state index >= 15 is 0 Å². The van der Waals surface area contributed by atoms with Crippen LogP contribution >= 0.6 is 15.9 Å². The van der Waals surface area contributed by atoms with Gasteiger partial charge < -0.3 is 14.6 Å². The topological polar surface area (TPSA) is 72.8 Å². The van der Waals surface area contributed by atoms with Crippen molar-refractivity contribution in [3.63, 3.8) is 0 Å². The number of carbonyl (C=O) groups is 2. The molecule has 0 aliphatic heterocycles. The van der Waals surface area contributed by atoms with E-state index < -0.39 is 17.4 Å². The molecule has 0 spiro atoms. The average molecular weight is 331 g/mol. The van der Waals surface area contributed by atoms with Gasteiger partial charge >= 0.3 is 11.9 Å². The van der Waals surface area contributed by atoms with Crippen molar-refractivity contribution in [3.05, 3.63) is 28.2 Å². The van der Waals surface area contributed by atoms with Crippen LogP contribution in [0.15, 0.2) is 22.7 Å². The van der Waals surface area contributed by atoms with Crippen molar-refractivity contribution < 1.29 is 24.2 Å². The molecule has 0 heterocycles. The Labute approximate surface area is 119 Å². The third kappa shape index (κ3) is 3.26. The normalized spacial score (nSPS) is 13.5. The summed E-state index contributed by atoms with van der Waals surface area (Å²) in [6, 6.07) is 5.17. The van der Waals surface area contributed by atoms with E-state index in [0.29, 0.717) is 15.8 Å². The van der Waals surface area contributed by atoms with E-state index in [2.05, 4.69) is 20.7 Å². The number of aliphatic carboxylic acids is 1. The third-order valence-corrected chi connectivity index (χ3v) is 3.68. The highest BCUT2D eigenvalue weighted by atomic mass is 79.9. The fraction of sp³-hybridized carbons (Fsp3) is 0.385. The lowest BCUT2D eigenvalue weighted by Crippen LogP contribution is -2.39. The van der Waals surface area contributed by atoms with E-state index in [1.165, 1.54) is 21.1 Å². The summed E-state index contributed by atoms with van der Waals surface area (Å²) in [5, 5.41) is 9.27. The molecule has 1 atom stereocenters. The number of carboxylic acid groups (broad SMARTS) is 1. The summed E-state index contributed by atoms with van der Waals surface area (Å²) >= 11 is 3.33. The smallest absolute Gasteiger partial charge is 0.323 e. The van der Waals surface area contributed by atoms with Gasteiger partial charge in [-0.15, -0.1) is 0 Å². The minimum atomic E-state index is -1.64. The van der Waals surface area contributed by atoms with Gasteiger partial charge in [0.25, 0.3) is 0 Å². The molecule has 1 aromatic rings. The number of ether oxygens (including phenoxy) is 2. The Bertz CT molecular complexity index is 500. The molecule has 5 nitrogen and oxygen atoms in total. The number of hydrogen-bond donors (Lipinski definition) is 1. The van der Waals surface area contributed by atoms with E-state index in [4.69, 9.17) is 4.74 Å². The maximum Gasteiger partial charge on any atom is 0.323 e. The quantitative estimate of drug-likeness (QED) is 0.662. The average Bonchev–Trinajstić information content (AvgIpc) is 2.39. The van der Waals surface area contributed by atoms with E-state index in [1.54, 1.807) is 18.2 Å². The monoisotopic (exact) mass is 330 g/mol. The lowest BCUT2D eigenvalue weighted by atomic mass is 9.83. The zero-order chi connectivity index (χ0) is 14.6. The number of methoxy groups -OCH3 is 2. The summed E-state index contributed by atoms with van der Waals surface area (Å²) in [6.45, 7) is 1.34. The second-order valence-electron chi connectivity index (χ2n) is 4.26. The van der Waals surface area contributed by atoms with Crippen LogP contribution in [0, 0.1) is 5.41 Å². The van der Waals surface area contributed by atoms with E-state index in [9.17, 15) is 14.7 Å². The first-order valence-corrected chi connectivity index (χ1v) is 6.28. The molecule has 1 N–H and O–H groups in total. The van der Waals surface area contributed by atoms with E-state index in [-0.39, 0.29) is 6.42 Å². The molecule has 0 saturated carbocycles. The predicted molar refractivity (Wildman–Crippen MR) is 72.2 cm³/mol. The van der Waals surface area contributed by atoms with E-state index in [0.717, 1.165) is 0 Å². The van der Waals surface area contributed by atoms with Gasteiger partial charge in [0.1, 0.15) is 5.75 Å². The number of carboxylic acids is 1. The number of halogens is 1. The van der Waals surface area contributed by atoms with Crippen molar-refractivity contribution >= 4 is 27.9 Å². The molecule has 0 aliphatic rings. The highest BCUT2D eigenvalue weighted by Crippen LogP contribution is 2.31. The van der Waals surface area contributed by atoms with Gasteiger partial charge in [0, 0.05) is 10.9 Å².